The van der Waals surface area contributed by atoms with Gasteiger partial charge in [-0.2, -0.15) is 8.42 Å². The molecule has 2 rings (SSSR count). The molecule has 0 saturated carbocycles. The minimum atomic E-state index is -3.76. The largest absolute Gasteiger partial charge is 0.381 e. The Morgan fingerprint density at radius 1 is 1.40 bits per heavy atom. The van der Waals surface area contributed by atoms with Crippen LogP contribution in [0.3, 0.4) is 0 Å². The predicted molar refractivity (Wildman–Crippen MR) is 81.3 cm³/mol. The topological polar surface area (TPSA) is 90.0 Å². The number of anilines is 2. The summed E-state index contributed by atoms with van der Waals surface area (Å²) in [7, 11) is -2.17. The molecule has 6 nitrogen and oxygen atoms in total. The van der Waals surface area contributed by atoms with Gasteiger partial charge in [-0.15, -0.1) is 11.8 Å². The Morgan fingerprint density at radius 3 is 2.70 bits per heavy atom. The number of nitrogens with zero attached hydrogens (tertiary/aromatic N) is 2. The lowest BCUT2D eigenvalue weighted by Gasteiger charge is -2.12. The van der Waals surface area contributed by atoms with E-state index in [-0.39, 0.29) is 10.8 Å². The van der Waals surface area contributed by atoms with Gasteiger partial charge in [0.05, 0.1) is 12.0 Å². The average Bonchev–Trinajstić information content (AvgIpc) is 2.72. The van der Waals surface area contributed by atoms with E-state index in [2.05, 4.69) is 9.71 Å². The van der Waals surface area contributed by atoms with Crippen LogP contribution in [0.2, 0.25) is 0 Å². The summed E-state index contributed by atoms with van der Waals surface area (Å²) in [6, 6.07) is 7.25. The zero-order valence-electron chi connectivity index (χ0n) is 11.2. The fraction of sp³-hybridized carbons (Fsp3) is 0.250. The second-order valence-electron chi connectivity index (χ2n) is 4.08. The minimum absolute atomic E-state index is 0.0133. The van der Waals surface area contributed by atoms with Crippen molar-refractivity contribution in [2.75, 3.05) is 16.2 Å². The minimum Gasteiger partial charge on any atom is -0.381 e. The number of thioether (sulfide) groups is 1. The molecule has 0 aliphatic rings. The first kappa shape index (κ1) is 14.7. The normalized spacial score (nSPS) is 11.5. The predicted octanol–water partition coefficient (Wildman–Crippen LogP) is 1.92. The number of hydrogen-bond acceptors (Lipinski definition) is 5. The van der Waals surface area contributed by atoms with Gasteiger partial charge < -0.3 is 10.3 Å². The maximum Gasteiger partial charge on any atom is 0.281 e. The standard InChI is InChI=1S/C12H16N4O2S2/c1-3-19-10-7-5-4-6-9(10)15-20(17,18)12-11(13)14-8-16(12)2/h4-8,15H,3,13H2,1-2H3. The molecule has 0 bridgehead atoms. The lowest BCUT2D eigenvalue weighted by molar-refractivity contribution is 0.592. The number of para-hydroxylation sites is 1. The van der Waals surface area contributed by atoms with Gasteiger partial charge in [-0.25, -0.2) is 4.98 Å². The molecule has 0 aliphatic heterocycles. The van der Waals surface area contributed by atoms with Gasteiger partial charge in [0.15, 0.2) is 10.8 Å². The Balaban J connectivity index is 2.39. The van der Waals surface area contributed by atoms with Gasteiger partial charge in [0, 0.05) is 11.9 Å². The number of imidazole rings is 1. The van der Waals surface area contributed by atoms with Crippen molar-refractivity contribution in [3.8, 4) is 0 Å². The van der Waals surface area contributed by atoms with Gasteiger partial charge in [-0.3, -0.25) is 4.72 Å². The van der Waals surface area contributed by atoms with Crippen molar-refractivity contribution >= 4 is 33.3 Å². The Labute approximate surface area is 122 Å². The molecule has 1 aromatic carbocycles. The number of benzene rings is 1. The molecule has 1 heterocycles. The summed E-state index contributed by atoms with van der Waals surface area (Å²) in [5, 5.41) is -0.0335. The summed E-state index contributed by atoms with van der Waals surface area (Å²) in [4.78, 5) is 4.67. The molecular weight excluding hydrogens is 296 g/mol. The van der Waals surface area contributed by atoms with Crippen molar-refractivity contribution in [3.05, 3.63) is 30.6 Å². The van der Waals surface area contributed by atoms with Gasteiger partial charge in [0.1, 0.15) is 0 Å². The first-order chi connectivity index (χ1) is 9.45. The number of rotatable bonds is 5. The Hall–Kier alpha value is -1.67. The third kappa shape index (κ3) is 2.91. The summed E-state index contributed by atoms with van der Waals surface area (Å²) in [5.41, 5.74) is 6.16. The van der Waals surface area contributed by atoms with E-state index < -0.39 is 10.0 Å². The fourth-order valence-corrected chi connectivity index (χ4v) is 3.93. The molecule has 1 aromatic heterocycles. The molecule has 108 valence electrons. The van der Waals surface area contributed by atoms with Gasteiger partial charge in [-0.1, -0.05) is 19.1 Å². The van der Waals surface area contributed by atoms with Crippen LogP contribution in [0, 0.1) is 0 Å². The van der Waals surface area contributed by atoms with E-state index in [1.165, 1.54) is 10.9 Å². The average molecular weight is 312 g/mol. The van der Waals surface area contributed by atoms with E-state index >= 15 is 0 Å². The van der Waals surface area contributed by atoms with Crippen LogP contribution < -0.4 is 10.5 Å². The Bertz CT molecular complexity index is 690. The number of aromatic nitrogens is 2. The van der Waals surface area contributed by atoms with Crippen LogP contribution in [-0.2, 0) is 17.1 Å². The molecule has 0 fully saturated rings. The number of sulfonamides is 1. The number of aryl methyl sites for hydroxylation is 1. The molecule has 20 heavy (non-hydrogen) atoms. The lowest BCUT2D eigenvalue weighted by Crippen LogP contribution is -2.18. The van der Waals surface area contributed by atoms with Crippen LogP contribution in [0.5, 0.6) is 0 Å². The van der Waals surface area contributed by atoms with E-state index in [9.17, 15) is 8.42 Å². The van der Waals surface area contributed by atoms with E-state index in [4.69, 9.17) is 5.73 Å². The molecule has 0 atom stereocenters. The number of hydrogen-bond donors (Lipinski definition) is 2. The third-order valence-electron chi connectivity index (χ3n) is 2.60. The van der Waals surface area contributed by atoms with Crippen LogP contribution >= 0.6 is 11.8 Å². The molecule has 0 spiro atoms. The number of nitrogen functional groups attached to an aromatic ring is 1. The van der Waals surface area contributed by atoms with Crippen LogP contribution in [0.25, 0.3) is 0 Å². The first-order valence-corrected chi connectivity index (χ1v) is 8.44. The van der Waals surface area contributed by atoms with Crippen molar-refractivity contribution < 1.29 is 8.42 Å². The second kappa shape index (κ2) is 5.76. The number of nitrogens with two attached hydrogens (primary N) is 1. The Morgan fingerprint density at radius 2 is 2.10 bits per heavy atom. The molecule has 8 heteroatoms. The lowest BCUT2D eigenvalue weighted by atomic mass is 10.3. The quantitative estimate of drug-likeness (QED) is 0.823. The van der Waals surface area contributed by atoms with Crippen molar-refractivity contribution in [3.63, 3.8) is 0 Å². The highest BCUT2D eigenvalue weighted by Gasteiger charge is 2.23. The molecule has 0 aliphatic carbocycles. The molecule has 0 saturated heterocycles. The van der Waals surface area contributed by atoms with Crippen molar-refractivity contribution in [1.82, 2.24) is 9.55 Å². The van der Waals surface area contributed by atoms with Crippen molar-refractivity contribution in [2.24, 2.45) is 7.05 Å². The van der Waals surface area contributed by atoms with E-state index in [1.807, 2.05) is 19.1 Å². The summed E-state index contributed by atoms with van der Waals surface area (Å²) in [6.45, 7) is 2.01. The fourth-order valence-electron chi connectivity index (χ4n) is 1.79. The highest BCUT2D eigenvalue weighted by molar-refractivity contribution is 7.99. The first-order valence-electron chi connectivity index (χ1n) is 5.97. The monoisotopic (exact) mass is 312 g/mol. The van der Waals surface area contributed by atoms with Crippen LogP contribution in [0.15, 0.2) is 40.5 Å². The maximum atomic E-state index is 12.4. The zero-order chi connectivity index (χ0) is 14.8. The van der Waals surface area contributed by atoms with E-state index in [0.717, 1.165) is 10.6 Å². The third-order valence-corrected chi connectivity index (χ3v) is 5.05. The summed E-state index contributed by atoms with van der Waals surface area (Å²) in [6.07, 6.45) is 1.37. The van der Waals surface area contributed by atoms with Crippen molar-refractivity contribution in [2.45, 2.75) is 16.8 Å². The van der Waals surface area contributed by atoms with Crippen LogP contribution in [0.4, 0.5) is 11.5 Å². The van der Waals surface area contributed by atoms with Crippen LogP contribution in [0.1, 0.15) is 6.92 Å². The zero-order valence-corrected chi connectivity index (χ0v) is 12.8. The van der Waals surface area contributed by atoms with Gasteiger partial charge >= 0.3 is 0 Å². The molecule has 0 amide bonds. The summed E-state index contributed by atoms with van der Waals surface area (Å²) >= 11 is 1.57. The smallest absolute Gasteiger partial charge is 0.281 e. The highest BCUT2D eigenvalue weighted by atomic mass is 32.2. The van der Waals surface area contributed by atoms with Gasteiger partial charge in [0.2, 0.25) is 0 Å². The van der Waals surface area contributed by atoms with E-state index in [1.54, 1.807) is 30.9 Å². The van der Waals surface area contributed by atoms with Gasteiger partial charge in [0.25, 0.3) is 10.0 Å². The SMILES string of the molecule is CCSc1ccccc1NS(=O)(=O)c1c(N)ncn1C. The molecule has 0 radical (unpaired) electrons. The summed E-state index contributed by atoms with van der Waals surface area (Å²) < 4.78 is 28.7. The summed E-state index contributed by atoms with van der Waals surface area (Å²) in [5.74, 6) is 0.840. The van der Waals surface area contributed by atoms with E-state index in [0.29, 0.717) is 5.69 Å². The van der Waals surface area contributed by atoms with Crippen LogP contribution in [-0.4, -0.2) is 23.7 Å². The molecule has 0 unspecified atom stereocenters. The molecule has 2 aromatic rings. The molecule has 3 N–H and O–H groups in total. The highest BCUT2D eigenvalue weighted by Crippen LogP contribution is 2.29. The Kier molecular flexibility index (Phi) is 4.24. The second-order valence-corrected chi connectivity index (χ2v) is 6.98. The number of nitrogens with one attached hydrogen (secondary N) is 1. The maximum absolute atomic E-state index is 12.4. The van der Waals surface area contributed by atoms with Gasteiger partial charge in [-0.05, 0) is 17.9 Å². The molecular formula is C12H16N4O2S2. The van der Waals surface area contributed by atoms with Crippen molar-refractivity contribution in [1.29, 1.82) is 0 Å².